The number of hydrogen-bond donors (Lipinski definition) is 2. The van der Waals surface area contributed by atoms with Crippen LogP contribution in [0, 0.1) is 33.5 Å². The number of nitrogens with one attached hydrogen (secondary N) is 2. The minimum Gasteiger partial charge on any atom is -0.329 e. The zero-order valence-corrected chi connectivity index (χ0v) is 22.1. The average Bonchev–Trinajstić information content (AvgIpc) is 3.20. The number of benzene rings is 2. The molecule has 0 saturated carbocycles. The van der Waals surface area contributed by atoms with Crippen molar-refractivity contribution in [2.24, 2.45) is 0 Å². The molecule has 0 aliphatic heterocycles. The Bertz CT molecular complexity index is 1410. The maximum atomic E-state index is 13.6. The van der Waals surface area contributed by atoms with Crippen molar-refractivity contribution < 1.29 is 4.39 Å². The van der Waals surface area contributed by atoms with Crippen LogP contribution in [0.4, 0.5) is 15.8 Å². The Morgan fingerprint density at radius 3 is 2.06 bits per heavy atom. The molecule has 0 radical (unpaired) electrons. The first kappa shape index (κ1) is 25.2. The fourth-order valence-corrected chi connectivity index (χ4v) is 4.61. The number of halogens is 3. The second kappa shape index (κ2) is 10.4. The monoisotopic (exact) mass is 530 g/mol. The molecular formula is C25H25Cl2FN6S. The van der Waals surface area contributed by atoms with E-state index in [0.717, 1.165) is 45.3 Å². The number of anilines is 2. The first-order valence-corrected chi connectivity index (χ1v) is 12.1. The minimum absolute atomic E-state index is 0.266. The molecule has 0 bridgehead atoms. The largest absolute Gasteiger partial charge is 0.329 e. The highest BCUT2D eigenvalue weighted by atomic mass is 35.5. The van der Waals surface area contributed by atoms with Gasteiger partial charge in [-0.3, -0.25) is 9.36 Å². The van der Waals surface area contributed by atoms with Gasteiger partial charge in [-0.1, -0.05) is 41.4 Å². The van der Waals surface area contributed by atoms with Crippen molar-refractivity contribution in [1.29, 1.82) is 0 Å². The minimum atomic E-state index is -0.266. The van der Waals surface area contributed by atoms with E-state index in [-0.39, 0.29) is 5.82 Å². The van der Waals surface area contributed by atoms with Crippen LogP contribution in [0.15, 0.2) is 42.5 Å². The normalized spacial score (nSPS) is 11.1. The molecule has 0 atom stereocenters. The topological polar surface area (TPSA) is 59.7 Å². The zero-order valence-electron chi connectivity index (χ0n) is 19.8. The lowest BCUT2D eigenvalue weighted by Gasteiger charge is -2.12. The first-order valence-electron chi connectivity index (χ1n) is 11.0. The summed E-state index contributed by atoms with van der Waals surface area (Å²) in [6, 6.07) is 11.9. The van der Waals surface area contributed by atoms with Crippen molar-refractivity contribution in [3.8, 4) is 0 Å². The van der Waals surface area contributed by atoms with Gasteiger partial charge in [0.05, 0.1) is 47.2 Å². The van der Waals surface area contributed by atoms with E-state index in [1.165, 1.54) is 12.1 Å². The molecule has 0 amide bonds. The van der Waals surface area contributed by atoms with Crippen LogP contribution in [0.25, 0.3) is 0 Å². The van der Waals surface area contributed by atoms with Gasteiger partial charge in [0.15, 0.2) is 5.11 Å². The van der Waals surface area contributed by atoms with Gasteiger partial charge in [-0.05, 0) is 75.3 Å². The first-order chi connectivity index (χ1) is 16.6. The molecule has 4 rings (SSSR count). The molecule has 0 aliphatic carbocycles. The Hall–Kier alpha value is -2.94. The van der Waals surface area contributed by atoms with Crippen LogP contribution in [0.3, 0.4) is 0 Å². The Labute approximate surface area is 219 Å². The lowest BCUT2D eigenvalue weighted by atomic mass is 10.2. The molecular weight excluding hydrogens is 506 g/mol. The van der Waals surface area contributed by atoms with Gasteiger partial charge in [0, 0.05) is 10.0 Å². The number of rotatable bonds is 6. The smallest absolute Gasteiger partial charge is 0.175 e. The summed E-state index contributed by atoms with van der Waals surface area (Å²) in [5.74, 6) is -0.266. The SMILES string of the molecule is Cc1nn(Cc2cccc(F)c2)c(C)c1NC(=S)Nc1c(C)nn(Cc2ccc(Cl)cc2Cl)c1C. The van der Waals surface area contributed by atoms with E-state index < -0.39 is 0 Å². The number of aromatic nitrogens is 4. The van der Waals surface area contributed by atoms with E-state index >= 15 is 0 Å². The molecule has 4 aromatic rings. The van der Waals surface area contributed by atoms with E-state index in [0.29, 0.717) is 28.2 Å². The highest BCUT2D eigenvalue weighted by molar-refractivity contribution is 7.80. The molecule has 2 heterocycles. The Morgan fingerprint density at radius 2 is 1.49 bits per heavy atom. The summed E-state index contributed by atoms with van der Waals surface area (Å²) in [6.07, 6.45) is 0. The molecule has 2 N–H and O–H groups in total. The zero-order chi connectivity index (χ0) is 25.3. The van der Waals surface area contributed by atoms with E-state index in [1.54, 1.807) is 12.1 Å². The van der Waals surface area contributed by atoms with Gasteiger partial charge in [0.2, 0.25) is 0 Å². The van der Waals surface area contributed by atoms with E-state index in [4.69, 9.17) is 35.4 Å². The van der Waals surface area contributed by atoms with Crippen molar-refractivity contribution in [3.63, 3.8) is 0 Å². The molecule has 10 heteroatoms. The van der Waals surface area contributed by atoms with E-state index in [2.05, 4.69) is 20.8 Å². The lowest BCUT2D eigenvalue weighted by molar-refractivity contribution is 0.616. The van der Waals surface area contributed by atoms with Crippen LogP contribution in [0.1, 0.15) is 33.9 Å². The average molecular weight is 531 g/mol. The summed E-state index contributed by atoms with van der Waals surface area (Å²) in [7, 11) is 0. The lowest BCUT2D eigenvalue weighted by Crippen LogP contribution is -2.21. The number of hydrogen-bond acceptors (Lipinski definition) is 3. The maximum absolute atomic E-state index is 13.6. The van der Waals surface area contributed by atoms with Crippen molar-refractivity contribution in [3.05, 3.63) is 92.2 Å². The molecule has 0 spiro atoms. The summed E-state index contributed by atoms with van der Waals surface area (Å²) in [5, 5.41) is 17.4. The van der Waals surface area contributed by atoms with Crippen molar-refractivity contribution in [1.82, 2.24) is 19.6 Å². The highest BCUT2D eigenvalue weighted by Gasteiger charge is 2.17. The molecule has 182 valence electrons. The van der Waals surface area contributed by atoms with Crippen LogP contribution in [0.2, 0.25) is 10.0 Å². The van der Waals surface area contributed by atoms with Crippen molar-refractivity contribution >= 4 is 51.9 Å². The molecule has 0 fully saturated rings. The van der Waals surface area contributed by atoms with Crippen molar-refractivity contribution in [2.45, 2.75) is 40.8 Å². The number of thiocarbonyl (C=S) groups is 1. The van der Waals surface area contributed by atoms with Crippen LogP contribution in [0.5, 0.6) is 0 Å². The van der Waals surface area contributed by atoms with Gasteiger partial charge < -0.3 is 10.6 Å². The summed E-state index contributed by atoms with van der Waals surface area (Å²) >= 11 is 18.0. The Kier molecular flexibility index (Phi) is 7.44. The summed E-state index contributed by atoms with van der Waals surface area (Å²) in [4.78, 5) is 0. The van der Waals surface area contributed by atoms with Crippen LogP contribution >= 0.6 is 35.4 Å². The number of nitrogens with zero attached hydrogens (tertiary/aromatic N) is 4. The Morgan fingerprint density at radius 1 is 0.886 bits per heavy atom. The molecule has 0 saturated heterocycles. The standard InChI is InChI=1S/C25H25Cl2FN6S/c1-14-23(16(3)33(31-14)12-18-6-5-7-21(28)10-18)29-25(35)30-24-15(2)32-34(17(24)4)13-19-8-9-20(26)11-22(19)27/h5-11H,12-13H2,1-4H3,(H2,29,30,35). The van der Waals surface area contributed by atoms with Crippen LogP contribution < -0.4 is 10.6 Å². The molecule has 35 heavy (non-hydrogen) atoms. The van der Waals surface area contributed by atoms with Gasteiger partial charge in [0.1, 0.15) is 5.82 Å². The van der Waals surface area contributed by atoms with Gasteiger partial charge in [-0.15, -0.1) is 0 Å². The third-order valence-electron chi connectivity index (χ3n) is 5.80. The fraction of sp³-hybridized carbons (Fsp3) is 0.240. The Balaban J connectivity index is 1.48. The fourth-order valence-electron chi connectivity index (χ4n) is 3.94. The second-order valence-corrected chi connectivity index (χ2v) is 9.60. The summed E-state index contributed by atoms with van der Waals surface area (Å²) in [6.45, 7) is 8.73. The van der Waals surface area contributed by atoms with Gasteiger partial charge in [0.25, 0.3) is 0 Å². The maximum Gasteiger partial charge on any atom is 0.175 e. The second-order valence-electron chi connectivity index (χ2n) is 8.35. The van der Waals surface area contributed by atoms with Gasteiger partial charge in [-0.2, -0.15) is 10.2 Å². The van der Waals surface area contributed by atoms with Gasteiger partial charge in [-0.25, -0.2) is 4.39 Å². The third-order valence-corrected chi connectivity index (χ3v) is 6.59. The van der Waals surface area contributed by atoms with E-state index in [1.807, 2.05) is 55.3 Å². The van der Waals surface area contributed by atoms with E-state index in [9.17, 15) is 4.39 Å². The predicted molar refractivity (Wildman–Crippen MR) is 144 cm³/mol. The molecule has 2 aromatic heterocycles. The van der Waals surface area contributed by atoms with Crippen LogP contribution in [-0.2, 0) is 13.1 Å². The van der Waals surface area contributed by atoms with Gasteiger partial charge >= 0.3 is 0 Å². The van der Waals surface area contributed by atoms with Crippen molar-refractivity contribution in [2.75, 3.05) is 10.6 Å². The molecule has 2 aromatic carbocycles. The summed E-state index contributed by atoms with van der Waals surface area (Å²) < 4.78 is 17.3. The highest BCUT2D eigenvalue weighted by Crippen LogP contribution is 2.26. The predicted octanol–water partition coefficient (Wildman–Crippen LogP) is 6.66. The quantitative estimate of drug-likeness (QED) is 0.273. The summed E-state index contributed by atoms with van der Waals surface area (Å²) in [5.41, 5.74) is 6.83. The number of aryl methyl sites for hydroxylation is 2. The molecule has 6 nitrogen and oxygen atoms in total. The molecule has 0 unspecified atom stereocenters. The molecule has 0 aliphatic rings. The van der Waals surface area contributed by atoms with Crippen LogP contribution in [-0.4, -0.2) is 24.7 Å². The third kappa shape index (κ3) is 5.66.